The van der Waals surface area contributed by atoms with Crippen LogP contribution in [0.3, 0.4) is 0 Å². The summed E-state index contributed by atoms with van der Waals surface area (Å²) in [5.41, 5.74) is 1.20. The van der Waals surface area contributed by atoms with E-state index >= 15 is 0 Å². The zero-order valence-corrected chi connectivity index (χ0v) is 18.5. The van der Waals surface area contributed by atoms with Gasteiger partial charge in [-0.1, -0.05) is 13.8 Å². The van der Waals surface area contributed by atoms with E-state index in [9.17, 15) is 13.2 Å². The van der Waals surface area contributed by atoms with Gasteiger partial charge < -0.3 is 14.7 Å². The molecule has 0 saturated carbocycles. The Bertz CT molecular complexity index is 1040. The summed E-state index contributed by atoms with van der Waals surface area (Å²) in [6.45, 7) is 6.96. The average molecular weight is 436 g/mol. The Labute approximate surface area is 177 Å². The van der Waals surface area contributed by atoms with Crippen molar-refractivity contribution in [2.75, 3.05) is 44.1 Å². The van der Waals surface area contributed by atoms with Crippen molar-refractivity contribution in [1.82, 2.24) is 9.55 Å². The molecule has 0 amide bonds. The Balaban J connectivity index is 0.00000124. The smallest absolute Gasteiger partial charge is 0.298 e. The van der Waals surface area contributed by atoms with Gasteiger partial charge in [0.1, 0.15) is 0 Å². The minimum absolute atomic E-state index is 0.0450. The first kappa shape index (κ1) is 22.5. The van der Waals surface area contributed by atoms with E-state index in [0.29, 0.717) is 30.0 Å². The summed E-state index contributed by atoms with van der Waals surface area (Å²) >= 11 is 0. The predicted octanol–water partition coefficient (Wildman–Crippen LogP) is 1.42. The van der Waals surface area contributed by atoms with Crippen molar-refractivity contribution < 1.29 is 18.3 Å². The van der Waals surface area contributed by atoms with E-state index < -0.39 is 9.84 Å². The number of aryl methyl sites for hydroxylation is 1. The lowest BCUT2D eigenvalue weighted by atomic mass is 9.78. The Morgan fingerprint density at radius 2 is 1.80 bits per heavy atom. The molecule has 1 spiro atoms. The highest BCUT2D eigenvalue weighted by molar-refractivity contribution is 7.90. The molecule has 164 valence electrons. The third-order valence-electron chi connectivity index (χ3n) is 5.24. The topological polar surface area (TPSA) is 102 Å². The van der Waals surface area contributed by atoms with Crippen LogP contribution in [0.25, 0.3) is 5.69 Å². The molecule has 1 aromatic heterocycles. The number of aromatic nitrogens is 2. The van der Waals surface area contributed by atoms with Gasteiger partial charge in [-0.05, 0) is 37.1 Å². The lowest BCUT2D eigenvalue weighted by Crippen LogP contribution is -2.67. The van der Waals surface area contributed by atoms with E-state index in [2.05, 4.69) is 4.98 Å². The maximum Gasteiger partial charge on any atom is 0.298 e. The quantitative estimate of drug-likeness (QED) is 0.732. The van der Waals surface area contributed by atoms with Crippen LogP contribution in [0.1, 0.15) is 26.0 Å². The van der Waals surface area contributed by atoms with E-state index in [1.54, 1.807) is 18.3 Å². The van der Waals surface area contributed by atoms with E-state index in [-0.39, 0.29) is 22.5 Å². The average Bonchev–Trinajstić information content (AvgIpc) is 2.67. The second-order valence-electron chi connectivity index (χ2n) is 7.67. The predicted molar refractivity (Wildman–Crippen MR) is 115 cm³/mol. The van der Waals surface area contributed by atoms with Crippen LogP contribution in [0.2, 0.25) is 0 Å². The van der Waals surface area contributed by atoms with Gasteiger partial charge in [0, 0.05) is 37.8 Å². The first-order chi connectivity index (χ1) is 14.3. The molecule has 4 rings (SSSR count). The highest BCUT2D eigenvalue weighted by Gasteiger charge is 2.50. The van der Waals surface area contributed by atoms with Gasteiger partial charge >= 0.3 is 0 Å². The minimum Gasteiger partial charge on any atom is -0.396 e. The lowest BCUT2D eigenvalue weighted by Gasteiger charge is -2.55. The molecule has 0 aliphatic carbocycles. The number of rotatable bonds is 6. The Morgan fingerprint density at radius 3 is 2.30 bits per heavy atom. The molecule has 2 fully saturated rings. The fourth-order valence-electron chi connectivity index (χ4n) is 3.65. The number of nitrogens with zero attached hydrogens (tertiary/aromatic N) is 3. The molecule has 0 unspecified atom stereocenters. The van der Waals surface area contributed by atoms with Crippen molar-refractivity contribution >= 4 is 15.7 Å². The monoisotopic (exact) mass is 435 g/mol. The number of benzene rings is 1. The number of aliphatic hydroxyl groups excluding tert-OH is 1. The van der Waals surface area contributed by atoms with Crippen molar-refractivity contribution in [2.24, 2.45) is 5.41 Å². The first-order valence-electron chi connectivity index (χ1n) is 10.2. The van der Waals surface area contributed by atoms with Crippen molar-refractivity contribution in [2.45, 2.75) is 31.6 Å². The maximum absolute atomic E-state index is 13.1. The van der Waals surface area contributed by atoms with Crippen LogP contribution in [-0.2, 0) is 21.0 Å². The third kappa shape index (κ3) is 4.43. The second-order valence-corrected chi connectivity index (χ2v) is 9.69. The van der Waals surface area contributed by atoms with E-state index in [1.807, 2.05) is 18.7 Å². The fourth-order valence-corrected chi connectivity index (χ4v) is 4.28. The van der Waals surface area contributed by atoms with E-state index in [4.69, 9.17) is 9.84 Å². The van der Waals surface area contributed by atoms with Gasteiger partial charge in [-0.15, -0.1) is 0 Å². The number of hydrogen-bond donors (Lipinski definition) is 1. The van der Waals surface area contributed by atoms with Crippen LogP contribution in [0.15, 0.2) is 40.2 Å². The summed E-state index contributed by atoms with van der Waals surface area (Å²) in [5, 5.41) is 9.14. The van der Waals surface area contributed by atoms with Gasteiger partial charge in [0.2, 0.25) is 0 Å². The minimum atomic E-state index is -3.31. The summed E-state index contributed by atoms with van der Waals surface area (Å²) in [6, 6.07) is 6.23. The summed E-state index contributed by atoms with van der Waals surface area (Å²) in [6.07, 6.45) is 3.91. The normalized spacial score (nSPS) is 17.0. The van der Waals surface area contributed by atoms with Gasteiger partial charge in [-0.3, -0.25) is 9.36 Å². The number of aliphatic hydroxyl groups is 1. The van der Waals surface area contributed by atoms with Gasteiger partial charge in [0.25, 0.3) is 5.56 Å². The van der Waals surface area contributed by atoms with Crippen LogP contribution >= 0.6 is 0 Å². The molecule has 1 N–H and O–H groups in total. The van der Waals surface area contributed by atoms with Crippen molar-refractivity contribution in [3.05, 3.63) is 46.5 Å². The Kier molecular flexibility index (Phi) is 6.64. The van der Waals surface area contributed by atoms with Gasteiger partial charge in [-0.2, -0.15) is 0 Å². The van der Waals surface area contributed by atoms with Crippen molar-refractivity contribution in [3.8, 4) is 5.69 Å². The van der Waals surface area contributed by atoms with Crippen molar-refractivity contribution in [1.29, 1.82) is 0 Å². The molecule has 2 aliphatic heterocycles. The molecule has 8 nitrogen and oxygen atoms in total. The third-order valence-corrected chi connectivity index (χ3v) is 6.37. The molecule has 0 bridgehead atoms. The molecule has 0 radical (unpaired) electrons. The van der Waals surface area contributed by atoms with Gasteiger partial charge in [0.15, 0.2) is 15.7 Å². The zero-order chi connectivity index (χ0) is 21.9. The second kappa shape index (κ2) is 8.87. The largest absolute Gasteiger partial charge is 0.396 e. The maximum atomic E-state index is 13.1. The molecular formula is C21H29N3O5S. The fraction of sp³-hybridized carbons (Fsp3) is 0.524. The first-order valence-corrected chi connectivity index (χ1v) is 12.1. The molecule has 2 aromatic rings. The van der Waals surface area contributed by atoms with Crippen LogP contribution in [-0.4, -0.2) is 62.2 Å². The summed E-state index contributed by atoms with van der Waals surface area (Å²) < 4.78 is 30.2. The molecule has 0 atom stereocenters. The molecule has 3 heterocycles. The zero-order valence-electron chi connectivity index (χ0n) is 17.7. The van der Waals surface area contributed by atoms with Crippen LogP contribution in [0.5, 0.6) is 0 Å². The number of anilines is 1. The van der Waals surface area contributed by atoms with E-state index in [1.165, 1.54) is 16.7 Å². The lowest BCUT2D eigenvalue weighted by molar-refractivity contribution is -0.127. The molecule has 2 saturated heterocycles. The SMILES string of the molecule is CC.CS(=O)(=O)c1ccc(-n2cc(CCCO)nc(N3CC4(COC4)C3)c2=O)cc1. The summed E-state index contributed by atoms with van der Waals surface area (Å²) in [5.74, 6) is 0.389. The molecule has 30 heavy (non-hydrogen) atoms. The van der Waals surface area contributed by atoms with Gasteiger partial charge in [0.05, 0.1) is 29.2 Å². The highest BCUT2D eigenvalue weighted by atomic mass is 32.2. The molecule has 1 aromatic carbocycles. The number of sulfone groups is 1. The summed E-state index contributed by atoms with van der Waals surface area (Å²) in [4.78, 5) is 19.8. The Hall–Kier alpha value is -2.23. The van der Waals surface area contributed by atoms with Crippen molar-refractivity contribution in [3.63, 3.8) is 0 Å². The van der Waals surface area contributed by atoms with Crippen LogP contribution < -0.4 is 10.5 Å². The molecule has 9 heteroatoms. The Morgan fingerprint density at radius 1 is 1.17 bits per heavy atom. The highest BCUT2D eigenvalue weighted by Crippen LogP contribution is 2.38. The van der Waals surface area contributed by atoms with Gasteiger partial charge in [-0.25, -0.2) is 13.4 Å². The molecule has 2 aliphatic rings. The van der Waals surface area contributed by atoms with Crippen LogP contribution in [0.4, 0.5) is 5.82 Å². The standard InChI is InChI=1S/C19H23N3O5S.C2H6/c1-28(25,26)16-6-4-15(5-7-16)22-9-14(3-2-8-23)20-17(18(22)24)21-10-19(11-21)12-27-13-19;1-2/h4-7,9,23H,2-3,8,10-13H2,1H3;1-2H3. The molecular weight excluding hydrogens is 406 g/mol. The van der Waals surface area contributed by atoms with Crippen LogP contribution in [0, 0.1) is 5.41 Å². The number of ether oxygens (including phenoxy) is 1. The van der Waals surface area contributed by atoms with E-state index in [0.717, 1.165) is 32.6 Å². The number of hydrogen-bond acceptors (Lipinski definition) is 7. The summed E-state index contributed by atoms with van der Waals surface area (Å²) in [7, 11) is -3.31.